The van der Waals surface area contributed by atoms with E-state index in [0.717, 1.165) is 31.8 Å². The standard InChI is InChI=1S/C15H28N2O2/c1-3-19-15(18)17-10-8-14(9-11-17)16-12(2)13-6-4-5-7-13/h12-14,16H,3-11H2,1-2H3/t12-/m1/s1. The Bertz CT molecular complexity index is 282. The molecule has 0 radical (unpaired) electrons. The fourth-order valence-corrected chi connectivity index (χ4v) is 3.41. The first-order chi connectivity index (χ1) is 9.20. The summed E-state index contributed by atoms with van der Waals surface area (Å²) in [4.78, 5) is 13.5. The van der Waals surface area contributed by atoms with Crippen molar-refractivity contribution in [3.8, 4) is 0 Å². The van der Waals surface area contributed by atoms with E-state index in [9.17, 15) is 4.79 Å². The lowest BCUT2D eigenvalue weighted by atomic mass is 9.96. The van der Waals surface area contributed by atoms with Crippen molar-refractivity contribution in [1.82, 2.24) is 10.2 Å². The second-order valence-electron chi connectivity index (χ2n) is 5.96. The number of ether oxygens (including phenoxy) is 1. The van der Waals surface area contributed by atoms with Crippen LogP contribution in [-0.4, -0.2) is 42.8 Å². The van der Waals surface area contributed by atoms with Crippen LogP contribution in [0.1, 0.15) is 52.4 Å². The molecule has 1 saturated carbocycles. The molecule has 1 aliphatic carbocycles. The molecule has 1 atom stereocenters. The molecule has 0 aromatic heterocycles. The molecule has 0 spiro atoms. The highest BCUT2D eigenvalue weighted by atomic mass is 16.6. The van der Waals surface area contributed by atoms with Gasteiger partial charge in [-0.05, 0) is 45.4 Å². The van der Waals surface area contributed by atoms with Crippen LogP contribution in [0.5, 0.6) is 0 Å². The third kappa shape index (κ3) is 4.10. The highest BCUT2D eigenvalue weighted by Gasteiger charge is 2.27. The maximum Gasteiger partial charge on any atom is 0.409 e. The van der Waals surface area contributed by atoms with Crippen molar-refractivity contribution >= 4 is 6.09 Å². The Labute approximate surface area is 116 Å². The van der Waals surface area contributed by atoms with E-state index in [4.69, 9.17) is 4.74 Å². The van der Waals surface area contributed by atoms with Gasteiger partial charge >= 0.3 is 6.09 Å². The number of nitrogens with one attached hydrogen (secondary N) is 1. The van der Waals surface area contributed by atoms with Gasteiger partial charge in [0.05, 0.1) is 6.61 Å². The molecule has 0 unspecified atom stereocenters. The van der Waals surface area contributed by atoms with Crippen LogP contribution in [0.2, 0.25) is 0 Å². The second-order valence-corrected chi connectivity index (χ2v) is 5.96. The summed E-state index contributed by atoms with van der Waals surface area (Å²) in [5.74, 6) is 0.864. The fourth-order valence-electron chi connectivity index (χ4n) is 3.41. The molecule has 4 nitrogen and oxygen atoms in total. The summed E-state index contributed by atoms with van der Waals surface area (Å²) < 4.78 is 5.05. The van der Waals surface area contributed by atoms with Crippen LogP contribution in [0.4, 0.5) is 4.79 Å². The number of hydrogen-bond acceptors (Lipinski definition) is 3. The van der Waals surface area contributed by atoms with Gasteiger partial charge in [0, 0.05) is 25.2 Å². The van der Waals surface area contributed by atoms with Crippen molar-refractivity contribution < 1.29 is 9.53 Å². The first-order valence-electron chi connectivity index (χ1n) is 7.88. The summed E-state index contributed by atoms with van der Waals surface area (Å²) in [5, 5.41) is 3.77. The van der Waals surface area contributed by atoms with E-state index < -0.39 is 0 Å². The monoisotopic (exact) mass is 268 g/mol. The van der Waals surface area contributed by atoms with Gasteiger partial charge in [0.15, 0.2) is 0 Å². The van der Waals surface area contributed by atoms with Crippen molar-refractivity contribution in [2.45, 2.75) is 64.5 Å². The molecule has 1 N–H and O–H groups in total. The predicted octanol–water partition coefficient (Wildman–Crippen LogP) is 2.78. The topological polar surface area (TPSA) is 41.6 Å². The minimum Gasteiger partial charge on any atom is -0.450 e. The molecular formula is C15H28N2O2. The third-order valence-electron chi connectivity index (χ3n) is 4.63. The Hall–Kier alpha value is -0.770. The Balaban J connectivity index is 1.69. The first-order valence-corrected chi connectivity index (χ1v) is 7.88. The molecule has 1 saturated heterocycles. The molecule has 1 heterocycles. The van der Waals surface area contributed by atoms with E-state index in [1.165, 1.54) is 25.7 Å². The minimum absolute atomic E-state index is 0.148. The lowest BCUT2D eigenvalue weighted by Crippen LogP contribution is -2.48. The zero-order chi connectivity index (χ0) is 13.7. The van der Waals surface area contributed by atoms with Gasteiger partial charge in [-0.25, -0.2) is 4.79 Å². The highest BCUT2D eigenvalue weighted by Crippen LogP contribution is 2.28. The number of piperidine rings is 1. The summed E-state index contributed by atoms with van der Waals surface area (Å²) in [6.45, 7) is 6.31. The van der Waals surface area contributed by atoms with Crippen molar-refractivity contribution in [2.75, 3.05) is 19.7 Å². The van der Waals surface area contributed by atoms with Gasteiger partial charge in [-0.15, -0.1) is 0 Å². The number of likely N-dealkylation sites (tertiary alicyclic amines) is 1. The molecule has 4 heteroatoms. The van der Waals surface area contributed by atoms with Crippen molar-refractivity contribution in [3.63, 3.8) is 0 Å². The van der Waals surface area contributed by atoms with Gasteiger partial charge in [0.2, 0.25) is 0 Å². The lowest BCUT2D eigenvalue weighted by Gasteiger charge is -2.34. The number of carbonyl (C=O) groups excluding carboxylic acids is 1. The van der Waals surface area contributed by atoms with Crippen LogP contribution in [-0.2, 0) is 4.74 Å². The number of rotatable bonds is 4. The molecule has 2 rings (SSSR count). The predicted molar refractivity (Wildman–Crippen MR) is 76.2 cm³/mol. The van der Waals surface area contributed by atoms with E-state index >= 15 is 0 Å². The average Bonchev–Trinajstić information content (AvgIpc) is 2.94. The van der Waals surface area contributed by atoms with Gasteiger partial charge in [0.25, 0.3) is 0 Å². The van der Waals surface area contributed by atoms with Crippen molar-refractivity contribution in [2.24, 2.45) is 5.92 Å². The molecule has 19 heavy (non-hydrogen) atoms. The maximum absolute atomic E-state index is 11.6. The number of amides is 1. The van der Waals surface area contributed by atoms with Crippen LogP contribution in [0, 0.1) is 5.92 Å². The smallest absolute Gasteiger partial charge is 0.409 e. The number of hydrogen-bond donors (Lipinski definition) is 1. The molecule has 1 aliphatic heterocycles. The van der Waals surface area contributed by atoms with Crippen molar-refractivity contribution in [1.29, 1.82) is 0 Å². The summed E-state index contributed by atoms with van der Waals surface area (Å²) in [7, 11) is 0. The second kappa shape index (κ2) is 7.13. The maximum atomic E-state index is 11.6. The third-order valence-corrected chi connectivity index (χ3v) is 4.63. The quantitative estimate of drug-likeness (QED) is 0.852. The molecule has 0 bridgehead atoms. The Morgan fingerprint density at radius 2 is 1.89 bits per heavy atom. The molecule has 2 fully saturated rings. The summed E-state index contributed by atoms with van der Waals surface area (Å²) >= 11 is 0. The van der Waals surface area contributed by atoms with Gasteiger partial charge in [0.1, 0.15) is 0 Å². The van der Waals surface area contributed by atoms with Gasteiger partial charge in [-0.3, -0.25) is 0 Å². The van der Waals surface area contributed by atoms with Gasteiger partial charge < -0.3 is 15.0 Å². The lowest BCUT2D eigenvalue weighted by molar-refractivity contribution is 0.0936. The van der Waals surface area contributed by atoms with Gasteiger partial charge in [-0.2, -0.15) is 0 Å². The summed E-state index contributed by atoms with van der Waals surface area (Å²) in [6, 6.07) is 1.20. The highest BCUT2D eigenvalue weighted by molar-refractivity contribution is 5.67. The van der Waals surface area contributed by atoms with Crippen molar-refractivity contribution in [3.05, 3.63) is 0 Å². The molecule has 0 aromatic rings. The summed E-state index contributed by atoms with van der Waals surface area (Å²) in [6.07, 6.45) is 7.53. The normalized spacial score (nSPS) is 23.6. The largest absolute Gasteiger partial charge is 0.450 e. The first kappa shape index (κ1) is 14.6. The van der Waals surface area contributed by atoms with Crippen LogP contribution in [0.3, 0.4) is 0 Å². The van der Waals surface area contributed by atoms with E-state index in [0.29, 0.717) is 18.7 Å². The SMILES string of the molecule is CCOC(=O)N1CCC(N[C@H](C)C2CCCC2)CC1. The number of nitrogens with zero attached hydrogens (tertiary/aromatic N) is 1. The van der Waals surface area contributed by atoms with E-state index in [2.05, 4.69) is 12.2 Å². The minimum atomic E-state index is -0.148. The van der Waals surface area contributed by atoms with Gasteiger partial charge in [-0.1, -0.05) is 12.8 Å². The Kier molecular flexibility index (Phi) is 5.49. The molecule has 1 amide bonds. The fraction of sp³-hybridized carbons (Fsp3) is 0.933. The van der Waals surface area contributed by atoms with Crippen LogP contribution in [0.25, 0.3) is 0 Å². The van der Waals surface area contributed by atoms with Crippen LogP contribution >= 0.6 is 0 Å². The molecule has 0 aromatic carbocycles. The zero-order valence-corrected chi connectivity index (χ0v) is 12.4. The molecular weight excluding hydrogens is 240 g/mol. The van der Waals surface area contributed by atoms with E-state index in [1.807, 2.05) is 11.8 Å². The Morgan fingerprint density at radius 1 is 1.26 bits per heavy atom. The van der Waals surface area contributed by atoms with Crippen LogP contribution < -0.4 is 5.32 Å². The van der Waals surface area contributed by atoms with E-state index in [-0.39, 0.29) is 6.09 Å². The van der Waals surface area contributed by atoms with E-state index in [1.54, 1.807) is 0 Å². The van der Waals surface area contributed by atoms with Crippen LogP contribution in [0.15, 0.2) is 0 Å². The summed E-state index contributed by atoms with van der Waals surface area (Å²) in [5.41, 5.74) is 0. The Morgan fingerprint density at radius 3 is 2.47 bits per heavy atom. The number of carbonyl (C=O) groups is 1. The molecule has 110 valence electrons. The molecule has 2 aliphatic rings. The zero-order valence-electron chi connectivity index (χ0n) is 12.4. The average molecular weight is 268 g/mol.